The average Bonchev–Trinajstić information content (AvgIpc) is 1.90. The largest absolute Gasteiger partial charge is 0.0984 e. The minimum Gasteiger partial charge on any atom is -0.0984 e. The quantitative estimate of drug-likeness (QED) is 0.494. The molecule has 1 aliphatic rings. The molecule has 1 heteroatoms. The van der Waals surface area contributed by atoms with Crippen molar-refractivity contribution < 1.29 is 0 Å². The average molecular weight is 142 g/mol. The van der Waals surface area contributed by atoms with E-state index < -0.39 is 0 Å². The summed E-state index contributed by atoms with van der Waals surface area (Å²) in [5.74, 6) is 0.949. The van der Waals surface area contributed by atoms with Crippen LogP contribution in [-0.4, -0.2) is 6.66 Å². The first-order valence-corrected chi connectivity index (χ1v) is 5.19. The molecule has 0 saturated heterocycles. The molecule has 1 rings (SSSR count). The van der Waals surface area contributed by atoms with Crippen molar-refractivity contribution in [2.45, 2.75) is 26.2 Å². The molecule has 0 spiro atoms. The fraction of sp³-hybridized carbons (Fsp3) is 0.750. The Bertz CT molecular complexity index is 116. The van der Waals surface area contributed by atoms with Crippen molar-refractivity contribution in [1.82, 2.24) is 0 Å². The van der Waals surface area contributed by atoms with Crippen LogP contribution >= 0.6 is 8.58 Å². The summed E-state index contributed by atoms with van der Waals surface area (Å²) in [5.41, 5.74) is 0. The molecule has 0 fully saturated rings. The van der Waals surface area contributed by atoms with Crippen LogP contribution in [0.15, 0.2) is 11.4 Å². The highest BCUT2D eigenvalue weighted by Crippen LogP contribution is 2.31. The Kier molecular flexibility index (Phi) is 2.72. The Morgan fingerprint density at radius 2 is 2.44 bits per heavy atom. The normalized spacial score (nSPS) is 29.1. The van der Waals surface area contributed by atoms with E-state index in [0.717, 1.165) is 14.5 Å². The Morgan fingerprint density at radius 3 is 2.89 bits per heavy atom. The van der Waals surface area contributed by atoms with Gasteiger partial charge in [0, 0.05) is 0 Å². The summed E-state index contributed by atoms with van der Waals surface area (Å²) in [6, 6.07) is 0. The first-order valence-electron chi connectivity index (χ1n) is 3.69. The van der Waals surface area contributed by atoms with Crippen LogP contribution in [0.5, 0.6) is 0 Å². The van der Waals surface area contributed by atoms with Crippen molar-refractivity contribution in [3.8, 4) is 0 Å². The highest BCUT2D eigenvalue weighted by Gasteiger charge is 2.07. The first-order chi connectivity index (χ1) is 4.33. The van der Waals surface area contributed by atoms with E-state index in [-0.39, 0.29) is 0 Å². The highest BCUT2D eigenvalue weighted by atomic mass is 31.1. The summed E-state index contributed by atoms with van der Waals surface area (Å²) in [6.45, 7) is 4.62. The Labute approximate surface area is 59.5 Å². The summed E-state index contributed by atoms with van der Waals surface area (Å²) in [7, 11) is 1.06. The molecule has 0 N–H and O–H groups in total. The molecular weight excluding hydrogens is 127 g/mol. The summed E-state index contributed by atoms with van der Waals surface area (Å²) >= 11 is 0. The van der Waals surface area contributed by atoms with Crippen LogP contribution in [0.1, 0.15) is 26.2 Å². The second kappa shape index (κ2) is 3.37. The van der Waals surface area contributed by atoms with Gasteiger partial charge in [0.2, 0.25) is 0 Å². The molecule has 0 amide bonds. The zero-order valence-electron chi connectivity index (χ0n) is 6.28. The molecule has 0 bridgehead atoms. The zero-order valence-corrected chi connectivity index (χ0v) is 7.28. The van der Waals surface area contributed by atoms with E-state index in [4.69, 9.17) is 0 Å². The van der Waals surface area contributed by atoms with Gasteiger partial charge in [0.05, 0.1) is 0 Å². The third kappa shape index (κ3) is 2.10. The van der Waals surface area contributed by atoms with Crippen LogP contribution in [0.2, 0.25) is 0 Å². The maximum atomic E-state index is 2.44. The van der Waals surface area contributed by atoms with Crippen LogP contribution in [0.4, 0.5) is 0 Å². The molecule has 0 radical (unpaired) electrons. The molecule has 2 atom stereocenters. The van der Waals surface area contributed by atoms with Crippen LogP contribution in [-0.2, 0) is 0 Å². The first kappa shape index (κ1) is 7.28. The van der Waals surface area contributed by atoms with Crippen molar-refractivity contribution in [2.75, 3.05) is 6.66 Å². The van der Waals surface area contributed by atoms with E-state index in [0.29, 0.717) is 0 Å². The van der Waals surface area contributed by atoms with Crippen molar-refractivity contribution in [2.24, 2.45) is 5.92 Å². The van der Waals surface area contributed by atoms with E-state index in [1.165, 1.54) is 19.3 Å². The molecule has 0 aromatic rings. The number of hydrogen-bond acceptors (Lipinski definition) is 0. The van der Waals surface area contributed by atoms with Gasteiger partial charge in [0.15, 0.2) is 0 Å². The van der Waals surface area contributed by atoms with Crippen molar-refractivity contribution >= 4 is 8.58 Å². The van der Waals surface area contributed by atoms with Gasteiger partial charge in [-0.05, 0) is 31.8 Å². The minimum absolute atomic E-state index is 0.949. The van der Waals surface area contributed by atoms with Gasteiger partial charge in [0.25, 0.3) is 0 Å². The number of allylic oxidation sites excluding steroid dienone is 2. The molecule has 1 unspecified atom stereocenters. The molecule has 0 aromatic carbocycles. The SMILES string of the molecule is CPC1=CC[C@H](C)CC1. The minimum atomic E-state index is 0.949. The van der Waals surface area contributed by atoms with Gasteiger partial charge in [-0.3, -0.25) is 0 Å². The van der Waals surface area contributed by atoms with E-state index >= 15 is 0 Å². The summed E-state index contributed by atoms with van der Waals surface area (Å²) in [4.78, 5) is 0. The molecule has 9 heavy (non-hydrogen) atoms. The lowest BCUT2D eigenvalue weighted by Crippen LogP contribution is -1.98. The van der Waals surface area contributed by atoms with Gasteiger partial charge >= 0.3 is 0 Å². The van der Waals surface area contributed by atoms with Crippen LogP contribution in [0, 0.1) is 5.92 Å². The van der Waals surface area contributed by atoms with E-state index in [9.17, 15) is 0 Å². The molecule has 1 aliphatic carbocycles. The van der Waals surface area contributed by atoms with Gasteiger partial charge in [0.1, 0.15) is 0 Å². The van der Waals surface area contributed by atoms with Crippen LogP contribution in [0.25, 0.3) is 0 Å². The predicted molar refractivity (Wildman–Crippen MR) is 45.3 cm³/mol. The number of rotatable bonds is 1. The lowest BCUT2D eigenvalue weighted by atomic mass is 9.96. The third-order valence-corrected chi connectivity index (χ3v) is 3.09. The van der Waals surface area contributed by atoms with E-state index in [2.05, 4.69) is 19.7 Å². The monoisotopic (exact) mass is 142 g/mol. The van der Waals surface area contributed by atoms with E-state index in [1.807, 2.05) is 0 Å². The topological polar surface area (TPSA) is 0 Å². The summed E-state index contributed by atoms with van der Waals surface area (Å²) in [5, 5.41) is 1.70. The Morgan fingerprint density at radius 1 is 1.67 bits per heavy atom. The van der Waals surface area contributed by atoms with Crippen molar-refractivity contribution in [3.05, 3.63) is 11.4 Å². The van der Waals surface area contributed by atoms with Gasteiger partial charge < -0.3 is 0 Å². The molecule has 0 saturated carbocycles. The predicted octanol–water partition coefficient (Wildman–Crippen LogP) is 3.00. The van der Waals surface area contributed by atoms with Crippen molar-refractivity contribution in [1.29, 1.82) is 0 Å². The second-order valence-electron chi connectivity index (χ2n) is 2.86. The highest BCUT2D eigenvalue weighted by molar-refractivity contribution is 7.42. The van der Waals surface area contributed by atoms with Crippen LogP contribution in [0.3, 0.4) is 0 Å². The maximum Gasteiger partial charge on any atom is -0.0278 e. The van der Waals surface area contributed by atoms with Gasteiger partial charge in [-0.15, -0.1) is 0 Å². The Balaban J connectivity index is 2.40. The maximum absolute atomic E-state index is 2.44. The molecule has 0 heterocycles. The molecule has 0 aliphatic heterocycles. The second-order valence-corrected chi connectivity index (χ2v) is 4.00. The van der Waals surface area contributed by atoms with Gasteiger partial charge in [-0.25, -0.2) is 0 Å². The van der Waals surface area contributed by atoms with Gasteiger partial charge in [-0.1, -0.05) is 26.9 Å². The molecular formula is C8H15P. The summed E-state index contributed by atoms with van der Waals surface area (Å²) in [6.07, 6.45) is 6.56. The fourth-order valence-electron chi connectivity index (χ4n) is 1.19. The Hall–Kier alpha value is 0.170. The van der Waals surface area contributed by atoms with Gasteiger partial charge in [-0.2, -0.15) is 0 Å². The lowest BCUT2D eigenvalue weighted by molar-refractivity contribution is 0.523. The van der Waals surface area contributed by atoms with Crippen LogP contribution < -0.4 is 0 Å². The zero-order chi connectivity index (χ0) is 6.69. The van der Waals surface area contributed by atoms with Crippen molar-refractivity contribution in [3.63, 3.8) is 0 Å². The smallest absolute Gasteiger partial charge is 0.0278 e. The molecule has 52 valence electrons. The third-order valence-electron chi connectivity index (χ3n) is 1.99. The summed E-state index contributed by atoms with van der Waals surface area (Å²) < 4.78 is 0. The fourth-order valence-corrected chi connectivity index (χ4v) is 1.91. The molecule has 0 aromatic heterocycles. The standard InChI is InChI=1S/C8H15P/c1-7-3-5-8(9-2)6-4-7/h5,7,9H,3-4,6H2,1-2H3/t7-/m0/s1. The molecule has 0 nitrogen and oxygen atoms in total. The number of hydrogen-bond donors (Lipinski definition) is 0. The lowest BCUT2D eigenvalue weighted by Gasteiger charge is -2.16. The van der Waals surface area contributed by atoms with E-state index in [1.54, 1.807) is 5.31 Å².